The quantitative estimate of drug-likeness (QED) is 0.407. The normalized spacial score (nSPS) is 9.11. The van der Waals surface area contributed by atoms with Gasteiger partial charge < -0.3 is 0 Å². The first-order valence-corrected chi connectivity index (χ1v) is 7.54. The van der Waals surface area contributed by atoms with Crippen LogP contribution < -0.4 is 0 Å². The molecule has 0 rings (SSSR count). The van der Waals surface area contributed by atoms with Gasteiger partial charge in [0.2, 0.25) is 0 Å². The standard InChI is InChI=1S/C6H13.C2H5.Ca/c1-3-5-6-4-2;1-2;/h1,3-6H2,2H3;1H2,2H3;. The first-order valence-electron chi connectivity index (χ1n) is 4.41. The van der Waals surface area contributed by atoms with Crippen LogP contribution in [0, 0.1) is 0 Å². The van der Waals surface area contributed by atoms with Crippen molar-refractivity contribution in [2.24, 2.45) is 0 Å². The van der Waals surface area contributed by atoms with Crippen molar-refractivity contribution in [3.63, 3.8) is 0 Å². The summed E-state index contributed by atoms with van der Waals surface area (Å²) in [6, 6.07) is 0. The van der Waals surface area contributed by atoms with Crippen molar-refractivity contribution in [3.8, 4) is 0 Å². The summed E-state index contributed by atoms with van der Waals surface area (Å²) < 4.78 is 3.20. The van der Waals surface area contributed by atoms with Crippen LogP contribution in [0.2, 0.25) is 5.04 Å². The third kappa shape index (κ3) is 9.26. The van der Waals surface area contributed by atoms with Gasteiger partial charge in [-0.05, 0) is 0 Å². The molecule has 9 heavy (non-hydrogen) atoms. The molecule has 0 heterocycles. The summed E-state index contributed by atoms with van der Waals surface area (Å²) in [6.45, 7) is 4.63. The Morgan fingerprint density at radius 1 is 1.00 bits per heavy atom. The summed E-state index contributed by atoms with van der Waals surface area (Å²) in [5.41, 5.74) is 0. The molecule has 0 nitrogen and oxygen atoms in total. The number of rotatable bonds is 6. The van der Waals surface area contributed by atoms with Crippen LogP contribution in [0.1, 0.15) is 39.5 Å². The van der Waals surface area contributed by atoms with Crippen molar-refractivity contribution in [2.75, 3.05) is 0 Å². The molecule has 0 saturated heterocycles. The molecule has 0 bridgehead atoms. The predicted octanol–water partition coefficient (Wildman–Crippen LogP) is 3.13. The molecule has 0 aromatic heterocycles. The zero-order valence-corrected chi connectivity index (χ0v) is 9.16. The Hall–Kier alpha value is 1.26. The first kappa shape index (κ1) is 10.3. The Morgan fingerprint density at radius 2 is 1.78 bits per heavy atom. The minimum absolute atomic E-state index is 0.0296. The van der Waals surface area contributed by atoms with Crippen LogP contribution in [-0.2, 0) is 0 Å². The molecule has 1 heteroatoms. The van der Waals surface area contributed by atoms with Crippen LogP contribution in [0.15, 0.2) is 0 Å². The molecular weight excluding hydrogens is 136 g/mol. The summed E-state index contributed by atoms with van der Waals surface area (Å²) in [5.74, 6) is 0. The molecule has 0 fully saturated rings. The van der Waals surface area contributed by atoms with Gasteiger partial charge in [-0.3, -0.25) is 0 Å². The second-order valence-electron chi connectivity index (χ2n) is 2.77. The summed E-state index contributed by atoms with van der Waals surface area (Å²) >= 11 is 0.0296. The first-order chi connectivity index (χ1) is 4.41. The zero-order chi connectivity index (χ0) is 6.95. The summed E-state index contributed by atoms with van der Waals surface area (Å²) in [7, 11) is 0. The van der Waals surface area contributed by atoms with Crippen LogP contribution >= 0.6 is 0 Å². The fourth-order valence-corrected chi connectivity index (χ4v) is 2.92. The molecule has 0 aromatic rings. The number of unbranched alkanes of at least 4 members (excludes halogenated alkanes) is 3. The SMILES string of the molecule is CCCCC[CH2][Ca][CH2]C. The van der Waals surface area contributed by atoms with Crippen LogP contribution in [-0.4, -0.2) is 33.8 Å². The van der Waals surface area contributed by atoms with Gasteiger partial charge in [0, 0.05) is 0 Å². The summed E-state index contributed by atoms with van der Waals surface area (Å²) in [5, 5.41) is 0. The number of hydrogen-bond donors (Lipinski definition) is 0. The van der Waals surface area contributed by atoms with Crippen molar-refractivity contribution < 1.29 is 0 Å². The molecule has 0 aliphatic carbocycles. The van der Waals surface area contributed by atoms with Crippen molar-refractivity contribution in [2.45, 2.75) is 44.6 Å². The van der Waals surface area contributed by atoms with E-state index in [0.717, 1.165) is 0 Å². The van der Waals surface area contributed by atoms with Crippen LogP contribution in [0.25, 0.3) is 0 Å². The molecule has 52 valence electrons. The zero-order valence-electron chi connectivity index (χ0n) is 6.95. The molecular formula is C8H18Ca. The monoisotopic (exact) mass is 154 g/mol. The molecule has 0 aliphatic heterocycles. The molecule has 0 unspecified atom stereocenters. The van der Waals surface area contributed by atoms with E-state index in [1.54, 1.807) is 11.5 Å². The van der Waals surface area contributed by atoms with Gasteiger partial charge in [-0.2, -0.15) is 0 Å². The Labute approximate surface area is 77.7 Å². The van der Waals surface area contributed by atoms with Crippen LogP contribution in [0.4, 0.5) is 0 Å². The molecule has 0 N–H and O–H groups in total. The van der Waals surface area contributed by atoms with E-state index in [2.05, 4.69) is 13.8 Å². The van der Waals surface area contributed by atoms with Gasteiger partial charge >= 0.3 is 78.4 Å². The molecule has 0 amide bonds. The second kappa shape index (κ2) is 9.26. The molecule has 0 atom stereocenters. The van der Waals surface area contributed by atoms with Gasteiger partial charge in [0.05, 0.1) is 0 Å². The van der Waals surface area contributed by atoms with E-state index < -0.39 is 0 Å². The Balaban J connectivity index is 2.60. The summed E-state index contributed by atoms with van der Waals surface area (Å²) in [4.78, 5) is 0. The fraction of sp³-hybridized carbons (Fsp3) is 1.00. The molecule has 0 radical (unpaired) electrons. The Kier molecular flexibility index (Phi) is 10.6. The van der Waals surface area contributed by atoms with Crippen molar-refractivity contribution in [3.05, 3.63) is 0 Å². The number of hydrogen-bond acceptors (Lipinski definition) is 0. The van der Waals surface area contributed by atoms with Gasteiger partial charge in [-0.25, -0.2) is 0 Å². The van der Waals surface area contributed by atoms with Gasteiger partial charge in [-0.1, -0.05) is 0 Å². The average Bonchev–Trinajstić information content (AvgIpc) is 1.89. The molecule has 0 aliphatic rings. The predicted molar refractivity (Wildman–Crippen MR) is 45.2 cm³/mol. The van der Waals surface area contributed by atoms with Crippen molar-refractivity contribution in [1.82, 2.24) is 0 Å². The molecule has 0 aromatic carbocycles. The van der Waals surface area contributed by atoms with Crippen LogP contribution in [0.3, 0.4) is 0 Å². The van der Waals surface area contributed by atoms with Crippen LogP contribution in [0.5, 0.6) is 0 Å². The van der Waals surface area contributed by atoms with E-state index in [1.807, 2.05) is 0 Å². The van der Waals surface area contributed by atoms with Crippen molar-refractivity contribution in [1.29, 1.82) is 0 Å². The maximum absolute atomic E-state index is 2.35. The van der Waals surface area contributed by atoms with Crippen molar-refractivity contribution >= 4 is 33.8 Å². The van der Waals surface area contributed by atoms with E-state index in [0.29, 0.717) is 0 Å². The van der Waals surface area contributed by atoms with E-state index in [4.69, 9.17) is 0 Å². The topological polar surface area (TPSA) is 0 Å². The van der Waals surface area contributed by atoms with E-state index >= 15 is 0 Å². The average molecular weight is 154 g/mol. The third-order valence-corrected chi connectivity index (χ3v) is 4.37. The molecule has 0 spiro atoms. The Bertz CT molecular complexity index is 37.8. The Morgan fingerprint density at radius 3 is 2.33 bits per heavy atom. The van der Waals surface area contributed by atoms with E-state index in [-0.39, 0.29) is 33.8 Å². The van der Waals surface area contributed by atoms with Gasteiger partial charge in [0.1, 0.15) is 0 Å². The van der Waals surface area contributed by atoms with Gasteiger partial charge in [0.15, 0.2) is 0 Å². The van der Waals surface area contributed by atoms with Gasteiger partial charge in [0.25, 0.3) is 0 Å². The maximum atomic E-state index is 2.35. The van der Waals surface area contributed by atoms with E-state index in [9.17, 15) is 0 Å². The van der Waals surface area contributed by atoms with E-state index in [1.165, 1.54) is 19.3 Å². The fourth-order valence-electron chi connectivity index (χ4n) is 1.03. The molecule has 0 saturated carbocycles. The second-order valence-corrected chi connectivity index (χ2v) is 6.54. The minimum atomic E-state index is 0.0296. The van der Waals surface area contributed by atoms with Gasteiger partial charge in [-0.15, -0.1) is 0 Å². The summed E-state index contributed by atoms with van der Waals surface area (Å²) in [6.07, 6.45) is 5.90. The third-order valence-electron chi connectivity index (χ3n) is 1.71.